The number of hydrazine groups is 1. The molecule has 1 heterocycles. The van der Waals surface area contributed by atoms with Gasteiger partial charge >= 0.3 is 0 Å². The number of ketones is 1. The summed E-state index contributed by atoms with van der Waals surface area (Å²) in [6, 6.07) is 9.08. The zero-order chi connectivity index (χ0) is 22.7. The van der Waals surface area contributed by atoms with Crippen molar-refractivity contribution in [3.8, 4) is 0 Å². The Morgan fingerprint density at radius 1 is 0.806 bits per heavy atom. The molecule has 12 heteroatoms. The number of nitro benzene ring substituents is 2. The second kappa shape index (κ2) is 8.49. The third kappa shape index (κ3) is 4.42. The lowest BCUT2D eigenvalue weighted by molar-refractivity contribution is -0.385. The van der Waals surface area contributed by atoms with Gasteiger partial charge in [-0.3, -0.25) is 39.4 Å². The maximum absolute atomic E-state index is 13.0. The van der Waals surface area contributed by atoms with Crippen molar-refractivity contribution in [1.29, 1.82) is 0 Å². The monoisotopic (exact) mass is 426 g/mol. The highest BCUT2D eigenvalue weighted by molar-refractivity contribution is 6.07. The van der Waals surface area contributed by atoms with E-state index in [0.717, 1.165) is 36.4 Å². The summed E-state index contributed by atoms with van der Waals surface area (Å²) in [5.74, 6) is -2.89. The van der Waals surface area contributed by atoms with Gasteiger partial charge in [0.2, 0.25) is 11.8 Å². The molecule has 0 N–H and O–H groups in total. The number of amides is 3. The van der Waals surface area contributed by atoms with Gasteiger partial charge in [-0.1, -0.05) is 0 Å². The zero-order valence-electron chi connectivity index (χ0n) is 15.8. The summed E-state index contributed by atoms with van der Waals surface area (Å²) in [7, 11) is 0. The Morgan fingerprint density at radius 2 is 1.23 bits per heavy atom. The van der Waals surface area contributed by atoms with Crippen LogP contribution in [0.15, 0.2) is 48.5 Å². The third-order valence-corrected chi connectivity index (χ3v) is 4.52. The summed E-state index contributed by atoms with van der Waals surface area (Å²) in [6.07, 6.45) is -0.261. The maximum Gasteiger partial charge on any atom is 0.273 e. The average molecular weight is 426 g/mol. The van der Waals surface area contributed by atoms with Crippen molar-refractivity contribution in [3.05, 3.63) is 79.9 Å². The molecule has 1 fully saturated rings. The van der Waals surface area contributed by atoms with Crippen LogP contribution in [0.4, 0.5) is 11.4 Å². The molecule has 0 unspecified atom stereocenters. The fourth-order valence-corrected chi connectivity index (χ4v) is 2.94. The summed E-state index contributed by atoms with van der Waals surface area (Å²) in [5, 5.41) is 22.8. The molecule has 1 saturated heterocycles. The minimum atomic E-state index is -0.881. The quantitative estimate of drug-likeness (QED) is 0.281. The number of nitrogens with zero attached hydrogens (tertiary/aromatic N) is 4. The largest absolute Gasteiger partial charge is 0.292 e. The molecule has 3 rings (SSSR count). The van der Waals surface area contributed by atoms with E-state index in [1.165, 1.54) is 12.1 Å². The van der Waals surface area contributed by atoms with Gasteiger partial charge in [0.1, 0.15) is 6.54 Å². The van der Waals surface area contributed by atoms with Crippen LogP contribution in [0.1, 0.15) is 33.6 Å². The minimum absolute atomic E-state index is 0.0335. The van der Waals surface area contributed by atoms with Crippen molar-refractivity contribution in [1.82, 2.24) is 10.0 Å². The molecule has 2 aromatic rings. The van der Waals surface area contributed by atoms with Gasteiger partial charge in [-0.25, -0.2) is 5.01 Å². The van der Waals surface area contributed by atoms with Crippen LogP contribution in [-0.4, -0.2) is 49.9 Å². The van der Waals surface area contributed by atoms with Crippen LogP contribution < -0.4 is 0 Å². The van der Waals surface area contributed by atoms with Crippen molar-refractivity contribution in [2.24, 2.45) is 0 Å². The van der Waals surface area contributed by atoms with E-state index in [2.05, 4.69) is 0 Å². The van der Waals surface area contributed by atoms with Gasteiger partial charge in [0.25, 0.3) is 17.3 Å². The number of carbonyl (C=O) groups excluding carboxylic acids is 4. The van der Waals surface area contributed by atoms with Crippen LogP contribution >= 0.6 is 0 Å². The Hall–Kier alpha value is -4.48. The molecule has 1 aliphatic rings. The Bertz CT molecular complexity index is 1080. The number of non-ortho nitro benzene ring substituents is 2. The number of hydrogen-bond acceptors (Lipinski definition) is 8. The highest BCUT2D eigenvalue weighted by Crippen LogP contribution is 2.21. The lowest BCUT2D eigenvalue weighted by Crippen LogP contribution is -2.51. The Morgan fingerprint density at radius 3 is 1.65 bits per heavy atom. The van der Waals surface area contributed by atoms with Crippen molar-refractivity contribution < 1.29 is 29.0 Å². The first-order valence-corrected chi connectivity index (χ1v) is 8.88. The molecule has 12 nitrogen and oxygen atoms in total. The second-order valence-electron chi connectivity index (χ2n) is 6.49. The molecule has 158 valence electrons. The minimum Gasteiger partial charge on any atom is -0.292 e. The molecule has 31 heavy (non-hydrogen) atoms. The Balaban J connectivity index is 1.91. The normalized spacial score (nSPS) is 13.2. The smallest absolute Gasteiger partial charge is 0.273 e. The van der Waals surface area contributed by atoms with E-state index in [1.54, 1.807) is 0 Å². The topological polar surface area (TPSA) is 161 Å². The van der Waals surface area contributed by atoms with Crippen LogP contribution in [-0.2, 0) is 9.59 Å². The van der Waals surface area contributed by atoms with Crippen LogP contribution in [0.2, 0.25) is 0 Å². The number of Topliss-reactive ketones (excluding diaryl/α,β-unsaturated/α-hetero) is 1. The van der Waals surface area contributed by atoms with Gasteiger partial charge in [0, 0.05) is 48.2 Å². The van der Waals surface area contributed by atoms with Crippen molar-refractivity contribution in [2.75, 3.05) is 6.54 Å². The van der Waals surface area contributed by atoms with Gasteiger partial charge in [0.15, 0.2) is 5.78 Å². The summed E-state index contributed by atoms with van der Waals surface area (Å²) < 4.78 is 0. The van der Waals surface area contributed by atoms with Crippen LogP contribution in [0.25, 0.3) is 0 Å². The summed E-state index contributed by atoms with van der Waals surface area (Å²) in [4.78, 5) is 70.3. The fourth-order valence-electron chi connectivity index (χ4n) is 2.94. The number of benzene rings is 2. The number of rotatable bonds is 7. The molecule has 0 aliphatic carbocycles. The summed E-state index contributed by atoms with van der Waals surface area (Å²) >= 11 is 0. The van der Waals surface area contributed by atoms with Gasteiger partial charge in [0.05, 0.1) is 9.85 Å². The number of imide groups is 1. The van der Waals surface area contributed by atoms with Gasteiger partial charge in [-0.15, -0.1) is 0 Å². The average Bonchev–Trinajstić information content (AvgIpc) is 3.09. The van der Waals surface area contributed by atoms with Gasteiger partial charge < -0.3 is 0 Å². The Labute approximate surface area is 173 Å². The standard InChI is InChI=1S/C19H14N4O8/c24-16(12-1-5-14(6-2-12)22(28)29)11-20(21-17(25)9-10-18(21)26)19(27)13-3-7-15(8-4-13)23(30)31/h1-8H,9-11H2. The third-order valence-electron chi connectivity index (χ3n) is 4.52. The second-order valence-corrected chi connectivity index (χ2v) is 6.49. The molecule has 0 atom stereocenters. The lowest BCUT2D eigenvalue weighted by atomic mass is 10.1. The predicted molar refractivity (Wildman–Crippen MR) is 103 cm³/mol. The molecule has 3 amide bonds. The molecular formula is C19H14N4O8. The Kier molecular flexibility index (Phi) is 5.81. The van der Waals surface area contributed by atoms with E-state index in [4.69, 9.17) is 0 Å². The van der Waals surface area contributed by atoms with Gasteiger partial charge in [-0.05, 0) is 24.3 Å². The molecule has 2 aromatic carbocycles. The first-order valence-electron chi connectivity index (χ1n) is 8.88. The molecule has 0 saturated carbocycles. The summed E-state index contributed by atoms with van der Waals surface area (Å²) in [6.45, 7) is -0.689. The SMILES string of the molecule is O=C(CN(C(=O)c1ccc([N+](=O)[O-])cc1)N1C(=O)CCC1=O)c1ccc([N+](=O)[O-])cc1. The zero-order valence-corrected chi connectivity index (χ0v) is 15.8. The summed E-state index contributed by atoms with van der Waals surface area (Å²) in [5.41, 5.74) is -0.542. The van der Waals surface area contributed by atoms with Crippen molar-refractivity contribution in [2.45, 2.75) is 12.8 Å². The van der Waals surface area contributed by atoms with Gasteiger partial charge in [-0.2, -0.15) is 5.01 Å². The van der Waals surface area contributed by atoms with Crippen molar-refractivity contribution >= 4 is 34.9 Å². The van der Waals surface area contributed by atoms with Crippen molar-refractivity contribution in [3.63, 3.8) is 0 Å². The van der Waals surface area contributed by atoms with E-state index >= 15 is 0 Å². The molecule has 0 radical (unpaired) electrons. The first-order chi connectivity index (χ1) is 14.7. The molecule has 0 bridgehead atoms. The van der Waals surface area contributed by atoms with Crippen LogP contribution in [0.3, 0.4) is 0 Å². The van der Waals surface area contributed by atoms with E-state index in [0.29, 0.717) is 10.0 Å². The molecule has 0 aromatic heterocycles. The number of carbonyl (C=O) groups is 4. The van der Waals surface area contributed by atoms with E-state index in [9.17, 15) is 39.4 Å². The predicted octanol–water partition coefficient (Wildman–Crippen LogP) is 1.89. The maximum atomic E-state index is 13.0. The van der Waals surface area contributed by atoms with Crippen LogP contribution in [0, 0.1) is 20.2 Å². The van der Waals surface area contributed by atoms with Crippen LogP contribution in [0.5, 0.6) is 0 Å². The first kappa shape index (κ1) is 21.2. The van der Waals surface area contributed by atoms with E-state index in [-0.39, 0.29) is 35.3 Å². The molecular weight excluding hydrogens is 412 g/mol. The molecule has 1 aliphatic heterocycles. The van der Waals surface area contributed by atoms with E-state index < -0.39 is 39.9 Å². The highest BCUT2D eigenvalue weighted by atomic mass is 16.6. The lowest BCUT2D eigenvalue weighted by Gasteiger charge is -2.29. The fraction of sp³-hybridized carbons (Fsp3) is 0.158. The molecule has 0 spiro atoms. The highest BCUT2D eigenvalue weighted by Gasteiger charge is 2.38. The van der Waals surface area contributed by atoms with E-state index in [1.807, 2.05) is 0 Å². The number of nitro groups is 2. The number of hydrogen-bond donors (Lipinski definition) is 0.